The zero-order chi connectivity index (χ0) is 27.9. The number of unbranched alkanes of at least 4 members (excludes halogenated alkanes) is 13. The quantitative estimate of drug-likeness (QED) is 0.0876. The van der Waals surface area contributed by atoms with Crippen molar-refractivity contribution in [2.75, 3.05) is 0 Å². The molecular formula is C28H47NaO8S. The van der Waals surface area contributed by atoms with Crippen molar-refractivity contribution >= 4 is 22.1 Å². The van der Waals surface area contributed by atoms with Crippen molar-refractivity contribution in [3.63, 3.8) is 0 Å². The summed E-state index contributed by atoms with van der Waals surface area (Å²) in [6, 6.07) is 8.43. The monoisotopic (exact) mass is 566 g/mol. The van der Waals surface area contributed by atoms with Gasteiger partial charge in [0.2, 0.25) is 0 Å². The molecule has 0 heterocycles. The maximum atomic E-state index is 10.2. The van der Waals surface area contributed by atoms with Gasteiger partial charge in [0.05, 0.1) is 12.2 Å². The van der Waals surface area contributed by atoms with Crippen LogP contribution in [0.5, 0.6) is 5.75 Å². The fourth-order valence-corrected chi connectivity index (χ4v) is 4.55. The van der Waals surface area contributed by atoms with Crippen LogP contribution in [0.1, 0.15) is 116 Å². The molecule has 0 aromatic heterocycles. The van der Waals surface area contributed by atoms with Gasteiger partial charge in [0, 0.05) is 0 Å². The molecule has 1 atom stereocenters. The molecule has 10 heteroatoms. The van der Waals surface area contributed by atoms with E-state index in [2.05, 4.69) is 25.1 Å². The summed E-state index contributed by atoms with van der Waals surface area (Å²) in [7, 11) is -4.84. The fraction of sp³-hybridized carbons (Fsp3) is 0.679. The summed E-state index contributed by atoms with van der Waals surface area (Å²) in [4.78, 5) is 20.0. The van der Waals surface area contributed by atoms with Crippen molar-refractivity contribution < 1.29 is 67.1 Å². The Kier molecular flexibility index (Phi) is 25.5. The van der Waals surface area contributed by atoms with Crippen molar-refractivity contribution in [2.24, 2.45) is 0 Å². The molecule has 8 nitrogen and oxygen atoms in total. The Morgan fingerprint density at radius 2 is 1.29 bits per heavy atom. The van der Waals surface area contributed by atoms with Crippen molar-refractivity contribution in [2.45, 2.75) is 122 Å². The first-order valence-electron chi connectivity index (χ1n) is 13.6. The normalized spacial score (nSPS) is 11.6. The molecule has 1 aromatic rings. The molecule has 0 bridgehead atoms. The molecule has 0 aliphatic heterocycles. The van der Waals surface area contributed by atoms with Crippen LogP contribution in [0.4, 0.5) is 0 Å². The molecule has 1 unspecified atom stereocenters. The second-order valence-corrected chi connectivity index (χ2v) is 10.8. The zero-order valence-corrected chi connectivity index (χ0v) is 26.4. The topological polar surface area (TPSA) is 138 Å². The molecule has 0 aliphatic carbocycles. The average Bonchev–Trinajstić information content (AvgIpc) is 2.83. The maximum absolute atomic E-state index is 10.2. The van der Waals surface area contributed by atoms with Gasteiger partial charge in [0.25, 0.3) is 10.1 Å². The van der Waals surface area contributed by atoms with Gasteiger partial charge in [-0.05, 0) is 24.5 Å². The SMILES string of the molecule is C[CH-]Oc1ccccc1CCCCCCCCCCCCCCCC.O=C(O)CC(C(=O)O)S(=O)(=O)O.[Na+]. The number of aliphatic carboxylic acids is 2. The minimum Gasteiger partial charge on any atom is -0.662 e. The standard InChI is InChI=1S/C24H41O.C4H6O7S.Na/c1-3-5-6-7-8-9-10-11-12-13-14-15-16-17-20-23-21-18-19-22-24(23)25-4-2;5-3(6)1-2(4(7)8)12(9,10)11;/h4,18-19,21-22H,3,5-17,20H2,1-2H3;2H,1H2,(H,5,6)(H,7,8)(H,9,10,11);/q-1;;+1. The number of carbonyl (C=O) groups is 2. The number of hydrogen-bond donors (Lipinski definition) is 3. The first-order chi connectivity index (χ1) is 17.6. The second kappa shape index (κ2) is 24.9. The van der Waals surface area contributed by atoms with Crippen molar-refractivity contribution in [1.82, 2.24) is 0 Å². The zero-order valence-electron chi connectivity index (χ0n) is 23.6. The molecule has 214 valence electrons. The summed E-state index contributed by atoms with van der Waals surface area (Å²) in [5, 5.41) is 13.9. The summed E-state index contributed by atoms with van der Waals surface area (Å²) in [5.41, 5.74) is 1.35. The Bertz CT molecular complexity index is 845. The van der Waals surface area contributed by atoms with Gasteiger partial charge in [-0.1, -0.05) is 109 Å². The van der Waals surface area contributed by atoms with Crippen LogP contribution in [0.25, 0.3) is 0 Å². The summed E-state index contributed by atoms with van der Waals surface area (Å²) < 4.78 is 34.2. The molecule has 0 aliphatic rings. The third-order valence-electron chi connectivity index (χ3n) is 6.01. The first-order valence-corrected chi connectivity index (χ1v) is 15.1. The number of carboxylic acids is 2. The van der Waals surface area contributed by atoms with E-state index in [1.54, 1.807) is 6.61 Å². The number of benzene rings is 1. The average molecular weight is 567 g/mol. The molecule has 38 heavy (non-hydrogen) atoms. The predicted molar refractivity (Wildman–Crippen MR) is 146 cm³/mol. The van der Waals surface area contributed by atoms with E-state index >= 15 is 0 Å². The van der Waals surface area contributed by atoms with Crippen LogP contribution in [-0.2, 0) is 26.1 Å². The van der Waals surface area contributed by atoms with Gasteiger partial charge in [-0.3, -0.25) is 14.1 Å². The third-order valence-corrected chi connectivity index (χ3v) is 7.10. The summed E-state index contributed by atoms with van der Waals surface area (Å²) in [6.07, 6.45) is 19.8. The van der Waals surface area contributed by atoms with Gasteiger partial charge in [-0.2, -0.15) is 21.9 Å². The van der Waals surface area contributed by atoms with E-state index in [4.69, 9.17) is 19.5 Å². The molecular weight excluding hydrogens is 519 g/mol. The van der Waals surface area contributed by atoms with Crippen molar-refractivity contribution in [3.05, 3.63) is 36.4 Å². The van der Waals surface area contributed by atoms with Gasteiger partial charge in [-0.15, -0.1) is 0 Å². The van der Waals surface area contributed by atoms with E-state index in [1.165, 1.54) is 95.5 Å². The molecule has 0 radical (unpaired) electrons. The Morgan fingerprint density at radius 1 is 0.842 bits per heavy atom. The van der Waals surface area contributed by atoms with Crippen molar-refractivity contribution in [3.8, 4) is 5.75 Å². The van der Waals surface area contributed by atoms with Gasteiger partial charge in [-0.25, -0.2) is 0 Å². The Balaban J connectivity index is 0. The number of para-hydroxylation sites is 1. The van der Waals surface area contributed by atoms with E-state index in [1.807, 2.05) is 13.0 Å². The van der Waals surface area contributed by atoms with Crippen LogP contribution < -0.4 is 34.3 Å². The largest absolute Gasteiger partial charge is 1.00 e. The minimum absolute atomic E-state index is 0. The minimum atomic E-state index is -4.84. The Morgan fingerprint density at radius 3 is 1.66 bits per heavy atom. The van der Waals surface area contributed by atoms with Gasteiger partial charge in [0.15, 0.2) is 5.25 Å². The number of rotatable bonds is 21. The number of ether oxygens (including phenoxy) is 1. The molecule has 0 saturated heterocycles. The summed E-state index contributed by atoms with van der Waals surface area (Å²) in [5.74, 6) is -2.47. The molecule has 1 aromatic carbocycles. The van der Waals surface area contributed by atoms with Gasteiger partial charge < -0.3 is 14.9 Å². The summed E-state index contributed by atoms with van der Waals surface area (Å²) >= 11 is 0. The van der Waals surface area contributed by atoms with Crippen LogP contribution in [-0.4, -0.2) is 40.4 Å². The van der Waals surface area contributed by atoms with E-state index in [0.717, 1.165) is 12.2 Å². The second-order valence-electron chi connectivity index (χ2n) is 9.25. The Hall–Kier alpha value is -1.13. The molecule has 0 fully saturated rings. The van der Waals surface area contributed by atoms with Crippen LogP contribution in [0.3, 0.4) is 0 Å². The fourth-order valence-electron chi connectivity index (χ4n) is 3.94. The van der Waals surface area contributed by atoms with Crippen LogP contribution in [0.15, 0.2) is 24.3 Å². The smallest absolute Gasteiger partial charge is 0.662 e. The molecule has 0 amide bonds. The molecule has 3 N–H and O–H groups in total. The van der Waals surface area contributed by atoms with E-state index in [9.17, 15) is 18.0 Å². The van der Waals surface area contributed by atoms with Crippen LogP contribution >= 0.6 is 0 Å². The van der Waals surface area contributed by atoms with Crippen LogP contribution in [0, 0.1) is 6.61 Å². The third kappa shape index (κ3) is 21.8. The van der Waals surface area contributed by atoms with E-state index in [-0.39, 0.29) is 29.6 Å². The number of aryl methyl sites for hydroxylation is 1. The van der Waals surface area contributed by atoms with Crippen molar-refractivity contribution in [1.29, 1.82) is 0 Å². The number of hydrogen-bond acceptors (Lipinski definition) is 5. The van der Waals surface area contributed by atoms with E-state index < -0.39 is 33.7 Å². The first kappa shape index (κ1) is 39.0. The maximum Gasteiger partial charge on any atom is 1.00 e. The molecule has 1 rings (SSSR count). The Labute approximate surface area is 252 Å². The molecule has 0 spiro atoms. The molecule has 0 saturated carbocycles. The van der Waals surface area contributed by atoms with Crippen LogP contribution in [0.2, 0.25) is 0 Å². The summed E-state index contributed by atoms with van der Waals surface area (Å²) in [6.45, 7) is 5.99. The number of carboxylic acid groups (broad SMARTS) is 2. The predicted octanol–water partition coefficient (Wildman–Crippen LogP) is 4.08. The van der Waals surface area contributed by atoms with E-state index in [0.29, 0.717) is 0 Å². The van der Waals surface area contributed by atoms with Gasteiger partial charge in [0.1, 0.15) is 0 Å². The van der Waals surface area contributed by atoms with Gasteiger partial charge >= 0.3 is 41.5 Å².